The molecule has 0 saturated carbocycles. The van der Waals surface area contributed by atoms with Crippen molar-refractivity contribution < 1.29 is 19.1 Å². The number of hydrogen-bond acceptors (Lipinski definition) is 5. The van der Waals surface area contributed by atoms with Gasteiger partial charge in [0.2, 0.25) is 0 Å². The monoisotopic (exact) mass is 251 g/mol. The molecule has 0 bridgehead atoms. The van der Waals surface area contributed by atoms with Crippen molar-refractivity contribution in [1.82, 2.24) is 0 Å². The van der Waals surface area contributed by atoms with Crippen LogP contribution in [0.15, 0.2) is 24.3 Å². The first-order chi connectivity index (χ1) is 8.60. The maximum Gasteiger partial charge on any atom is 0.323 e. The molecule has 18 heavy (non-hydrogen) atoms. The van der Waals surface area contributed by atoms with Crippen LogP contribution < -0.4 is 10.5 Å². The molecule has 1 rings (SSSR count). The number of hydrogen-bond donors (Lipinski definition) is 1. The van der Waals surface area contributed by atoms with Gasteiger partial charge in [0.25, 0.3) is 0 Å². The summed E-state index contributed by atoms with van der Waals surface area (Å²) < 4.78 is 9.83. The number of ether oxygens (including phenoxy) is 2. The van der Waals surface area contributed by atoms with E-state index in [0.717, 1.165) is 0 Å². The number of nitrogens with two attached hydrogens (primary N) is 1. The van der Waals surface area contributed by atoms with Crippen LogP contribution in [0.2, 0.25) is 0 Å². The van der Waals surface area contributed by atoms with Gasteiger partial charge < -0.3 is 15.2 Å². The number of Topliss-reactive ketones (excluding diaryl/α,β-unsaturated/α-hetero) is 1. The number of carbonyl (C=O) groups is 2. The van der Waals surface area contributed by atoms with Crippen LogP contribution in [0, 0.1) is 0 Å². The summed E-state index contributed by atoms with van der Waals surface area (Å²) in [5.74, 6) is -0.337. The summed E-state index contributed by atoms with van der Waals surface area (Å²) in [6, 6.07) is 5.93. The van der Waals surface area contributed by atoms with Gasteiger partial charge in [-0.25, -0.2) is 0 Å². The molecule has 1 aromatic carbocycles. The number of esters is 1. The fourth-order valence-electron chi connectivity index (χ4n) is 1.52. The Morgan fingerprint density at radius 2 is 2.00 bits per heavy atom. The minimum atomic E-state index is -0.947. The van der Waals surface area contributed by atoms with Crippen molar-refractivity contribution in [3.63, 3.8) is 0 Å². The maximum absolute atomic E-state index is 12.0. The van der Waals surface area contributed by atoms with Crippen LogP contribution in [0.5, 0.6) is 5.75 Å². The Labute approximate surface area is 106 Å². The van der Waals surface area contributed by atoms with Gasteiger partial charge in [0.15, 0.2) is 5.78 Å². The first-order valence-electron chi connectivity index (χ1n) is 5.68. The predicted octanol–water partition coefficient (Wildman–Crippen LogP) is 1.16. The summed E-state index contributed by atoms with van der Waals surface area (Å²) in [7, 11) is 1.24. The molecule has 98 valence electrons. The van der Waals surface area contributed by atoms with Gasteiger partial charge in [-0.2, -0.15) is 0 Å². The van der Waals surface area contributed by atoms with E-state index in [1.807, 2.05) is 6.92 Å². The molecule has 5 heteroatoms. The lowest BCUT2D eigenvalue weighted by Gasteiger charge is -2.11. The minimum absolute atomic E-state index is 0.100. The number of benzene rings is 1. The molecular weight excluding hydrogens is 234 g/mol. The molecule has 0 aliphatic rings. The highest BCUT2D eigenvalue weighted by Gasteiger charge is 2.20. The largest absolute Gasteiger partial charge is 0.493 e. The van der Waals surface area contributed by atoms with Crippen LogP contribution in [0.25, 0.3) is 0 Å². The number of carbonyl (C=O) groups excluding carboxylic acids is 2. The average molecular weight is 251 g/mol. The standard InChI is InChI=1S/C13H17NO4/c1-3-18-12-7-5-4-6-9(12)11(15)8-10(14)13(16)17-2/h4-7,10H,3,8,14H2,1-2H3. The molecule has 0 saturated heterocycles. The Morgan fingerprint density at radius 1 is 1.33 bits per heavy atom. The smallest absolute Gasteiger partial charge is 0.323 e. The summed E-state index contributed by atoms with van der Waals surface area (Å²) in [4.78, 5) is 23.2. The highest BCUT2D eigenvalue weighted by Crippen LogP contribution is 2.20. The van der Waals surface area contributed by atoms with Crippen molar-refractivity contribution in [2.24, 2.45) is 5.73 Å². The fraction of sp³-hybridized carbons (Fsp3) is 0.385. The summed E-state index contributed by atoms with van der Waals surface area (Å²) in [6.45, 7) is 2.30. The van der Waals surface area contributed by atoms with E-state index in [4.69, 9.17) is 10.5 Å². The lowest BCUT2D eigenvalue weighted by Crippen LogP contribution is -2.33. The Balaban J connectivity index is 2.81. The molecule has 5 nitrogen and oxygen atoms in total. The van der Waals surface area contributed by atoms with E-state index in [9.17, 15) is 9.59 Å². The average Bonchev–Trinajstić information content (AvgIpc) is 2.38. The first kappa shape index (κ1) is 14.2. The second kappa shape index (κ2) is 6.76. The summed E-state index contributed by atoms with van der Waals surface area (Å²) in [6.07, 6.45) is -0.100. The zero-order chi connectivity index (χ0) is 13.5. The third-order valence-corrected chi connectivity index (χ3v) is 2.40. The molecule has 0 aliphatic carbocycles. The van der Waals surface area contributed by atoms with Crippen molar-refractivity contribution in [3.05, 3.63) is 29.8 Å². The Hall–Kier alpha value is -1.88. The second-order valence-electron chi connectivity index (χ2n) is 3.69. The van der Waals surface area contributed by atoms with Crippen molar-refractivity contribution in [3.8, 4) is 5.75 Å². The van der Waals surface area contributed by atoms with Crippen LogP contribution in [-0.2, 0) is 9.53 Å². The molecular formula is C13H17NO4. The van der Waals surface area contributed by atoms with Gasteiger partial charge in [0.1, 0.15) is 11.8 Å². The zero-order valence-corrected chi connectivity index (χ0v) is 10.5. The molecule has 0 amide bonds. The quantitative estimate of drug-likeness (QED) is 0.606. The topological polar surface area (TPSA) is 78.6 Å². The van der Waals surface area contributed by atoms with Crippen molar-refractivity contribution in [2.45, 2.75) is 19.4 Å². The SMILES string of the molecule is CCOc1ccccc1C(=O)CC(N)C(=O)OC. The Morgan fingerprint density at radius 3 is 2.61 bits per heavy atom. The lowest BCUT2D eigenvalue weighted by molar-refractivity contribution is -0.142. The molecule has 1 aromatic rings. The molecule has 0 spiro atoms. The minimum Gasteiger partial charge on any atom is -0.493 e. The van der Waals surface area contributed by atoms with E-state index in [-0.39, 0.29) is 12.2 Å². The van der Waals surface area contributed by atoms with E-state index in [1.165, 1.54) is 7.11 Å². The van der Waals surface area contributed by atoms with Crippen LogP contribution in [0.3, 0.4) is 0 Å². The Bertz CT molecular complexity index is 431. The van der Waals surface area contributed by atoms with Crippen LogP contribution in [0.1, 0.15) is 23.7 Å². The molecule has 2 N–H and O–H groups in total. The maximum atomic E-state index is 12.0. The van der Waals surface area contributed by atoms with E-state index >= 15 is 0 Å². The highest BCUT2D eigenvalue weighted by molar-refractivity contribution is 6.01. The van der Waals surface area contributed by atoms with E-state index in [1.54, 1.807) is 24.3 Å². The third-order valence-electron chi connectivity index (χ3n) is 2.40. The highest BCUT2D eigenvalue weighted by atomic mass is 16.5. The van der Waals surface area contributed by atoms with Gasteiger partial charge >= 0.3 is 5.97 Å². The molecule has 1 atom stereocenters. The summed E-state index contributed by atoms with van der Waals surface area (Å²) >= 11 is 0. The van der Waals surface area contributed by atoms with E-state index in [2.05, 4.69) is 4.74 Å². The van der Waals surface area contributed by atoms with Gasteiger partial charge in [-0.05, 0) is 19.1 Å². The molecule has 1 unspecified atom stereocenters. The third kappa shape index (κ3) is 3.56. The molecule has 0 fully saturated rings. The van der Waals surface area contributed by atoms with Crippen molar-refractivity contribution in [1.29, 1.82) is 0 Å². The van der Waals surface area contributed by atoms with Crippen molar-refractivity contribution in [2.75, 3.05) is 13.7 Å². The fourth-order valence-corrected chi connectivity index (χ4v) is 1.52. The van der Waals surface area contributed by atoms with Gasteiger partial charge in [0.05, 0.1) is 19.3 Å². The van der Waals surface area contributed by atoms with E-state index < -0.39 is 12.0 Å². The van der Waals surface area contributed by atoms with Gasteiger partial charge in [-0.15, -0.1) is 0 Å². The van der Waals surface area contributed by atoms with Gasteiger partial charge in [-0.3, -0.25) is 9.59 Å². The van der Waals surface area contributed by atoms with Crippen molar-refractivity contribution >= 4 is 11.8 Å². The zero-order valence-electron chi connectivity index (χ0n) is 10.5. The number of ketones is 1. The molecule has 0 aromatic heterocycles. The second-order valence-corrected chi connectivity index (χ2v) is 3.69. The number of para-hydroxylation sites is 1. The van der Waals surface area contributed by atoms with Gasteiger partial charge in [0, 0.05) is 6.42 Å². The summed E-state index contributed by atoms with van der Waals surface area (Å²) in [5, 5.41) is 0. The first-order valence-corrected chi connectivity index (χ1v) is 5.68. The van der Waals surface area contributed by atoms with Crippen LogP contribution in [-0.4, -0.2) is 31.5 Å². The molecule has 0 heterocycles. The molecule has 0 aliphatic heterocycles. The molecule has 0 radical (unpaired) electrons. The predicted molar refractivity (Wildman–Crippen MR) is 66.5 cm³/mol. The number of rotatable bonds is 6. The van der Waals surface area contributed by atoms with Crippen LogP contribution >= 0.6 is 0 Å². The van der Waals surface area contributed by atoms with Gasteiger partial charge in [-0.1, -0.05) is 12.1 Å². The lowest BCUT2D eigenvalue weighted by atomic mass is 10.0. The summed E-state index contributed by atoms with van der Waals surface area (Å²) in [5.41, 5.74) is 5.98. The number of methoxy groups -OCH3 is 1. The Kier molecular flexibility index (Phi) is 5.32. The van der Waals surface area contributed by atoms with E-state index in [0.29, 0.717) is 17.9 Å². The normalized spacial score (nSPS) is 11.7. The van der Waals surface area contributed by atoms with Crippen LogP contribution in [0.4, 0.5) is 0 Å².